The molecule has 9 heteroatoms. The molecule has 0 aromatic heterocycles. The van der Waals surface area contributed by atoms with Crippen LogP contribution >= 0.6 is 0 Å². The van der Waals surface area contributed by atoms with Crippen LogP contribution in [0.25, 0.3) is 0 Å². The van der Waals surface area contributed by atoms with Crippen LogP contribution in [0.2, 0.25) is 0 Å². The number of amides is 3. The molecular formula is C24H26FN3O5. The molecule has 0 spiro atoms. The Balaban J connectivity index is 1.47. The number of fused-ring (bicyclic) bond motifs is 1. The number of aliphatic hydroxyl groups excluding tert-OH is 1. The van der Waals surface area contributed by atoms with Crippen molar-refractivity contribution in [3.8, 4) is 0 Å². The van der Waals surface area contributed by atoms with Crippen LogP contribution in [0.4, 0.5) is 20.6 Å². The highest BCUT2D eigenvalue weighted by molar-refractivity contribution is 6.21. The third-order valence-corrected chi connectivity index (χ3v) is 6.09. The van der Waals surface area contributed by atoms with Crippen molar-refractivity contribution >= 4 is 29.3 Å². The van der Waals surface area contributed by atoms with Gasteiger partial charge in [-0.3, -0.25) is 19.4 Å². The Kier molecular flexibility index (Phi) is 6.60. The molecule has 2 N–H and O–H groups in total. The molecule has 3 amide bonds. The van der Waals surface area contributed by atoms with Crippen molar-refractivity contribution in [2.24, 2.45) is 0 Å². The summed E-state index contributed by atoms with van der Waals surface area (Å²) in [6.07, 6.45) is 1.44. The Labute approximate surface area is 190 Å². The molecule has 174 valence electrons. The Bertz CT molecular complexity index is 1030. The Morgan fingerprint density at radius 1 is 1.00 bits per heavy atom. The topological polar surface area (TPSA) is 101 Å². The van der Waals surface area contributed by atoms with Gasteiger partial charge in [0.05, 0.1) is 41.7 Å². The van der Waals surface area contributed by atoms with Gasteiger partial charge in [0.1, 0.15) is 5.82 Å². The van der Waals surface area contributed by atoms with Crippen molar-refractivity contribution < 1.29 is 29.0 Å². The van der Waals surface area contributed by atoms with Crippen LogP contribution in [0.5, 0.6) is 0 Å². The molecule has 1 atom stereocenters. The number of nitrogens with zero attached hydrogens (tertiary/aromatic N) is 3. The zero-order chi connectivity index (χ0) is 23.5. The molecule has 8 nitrogen and oxygen atoms in total. The SMILES string of the molecule is O=C1c2ccccc2C(=O)N1C[C@H](O)CN(C(=O)O)c1ccc(N2CCCCCC2)c(F)c1. The lowest BCUT2D eigenvalue weighted by Gasteiger charge is -2.27. The van der Waals surface area contributed by atoms with E-state index in [2.05, 4.69) is 0 Å². The standard InChI is InChI=1S/C24H26FN3O5/c25-20-13-16(9-10-21(20)26-11-5-1-2-6-12-26)27(24(32)33)14-17(29)15-28-22(30)18-7-3-4-8-19(18)23(28)31/h3-4,7-10,13,17,29H,1-2,5-6,11-12,14-15H2,(H,32,33)/t17-/m1/s1. The van der Waals surface area contributed by atoms with E-state index in [4.69, 9.17) is 0 Å². The van der Waals surface area contributed by atoms with Crippen molar-refractivity contribution in [3.63, 3.8) is 0 Å². The molecule has 0 bridgehead atoms. The van der Waals surface area contributed by atoms with Crippen molar-refractivity contribution in [1.29, 1.82) is 0 Å². The van der Waals surface area contributed by atoms with E-state index in [1.165, 1.54) is 18.2 Å². The lowest BCUT2D eigenvalue weighted by atomic mass is 10.1. The molecule has 1 saturated heterocycles. The fourth-order valence-electron chi connectivity index (χ4n) is 4.41. The third kappa shape index (κ3) is 4.68. The zero-order valence-electron chi connectivity index (χ0n) is 18.1. The normalized spacial score (nSPS) is 17.0. The molecule has 0 aliphatic carbocycles. The van der Waals surface area contributed by atoms with E-state index in [1.807, 2.05) is 4.90 Å². The summed E-state index contributed by atoms with van der Waals surface area (Å²) in [7, 11) is 0. The van der Waals surface area contributed by atoms with E-state index in [0.717, 1.165) is 54.6 Å². The second-order valence-electron chi connectivity index (χ2n) is 8.35. The van der Waals surface area contributed by atoms with Gasteiger partial charge in [0.15, 0.2) is 0 Å². The third-order valence-electron chi connectivity index (χ3n) is 6.09. The minimum Gasteiger partial charge on any atom is -0.465 e. The molecule has 33 heavy (non-hydrogen) atoms. The largest absolute Gasteiger partial charge is 0.465 e. The maximum atomic E-state index is 14.9. The van der Waals surface area contributed by atoms with Gasteiger partial charge in [0, 0.05) is 13.1 Å². The number of carbonyl (C=O) groups excluding carboxylic acids is 2. The minimum absolute atomic E-state index is 0.0694. The van der Waals surface area contributed by atoms with E-state index in [9.17, 15) is 29.0 Å². The van der Waals surface area contributed by atoms with Crippen molar-refractivity contribution in [1.82, 2.24) is 4.90 Å². The van der Waals surface area contributed by atoms with Gasteiger partial charge in [-0.15, -0.1) is 0 Å². The monoisotopic (exact) mass is 455 g/mol. The Hall–Kier alpha value is -3.46. The van der Waals surface area contributed by atoms with Crippen molar-refractivity contribution in [2.45, 2.75) is 31.8 Å². The van der Waals surface area contributed by atoms with Gasteiger partial charge in [-0.1, -0.05) is 25.0 Å². The van der Waals surface area contributed by atoms with Gasteiger partial charge >= 0.3 is 6.09 Å². The van der Waals surface area contributed by atoms with Gasteiger partial charge in [-0.2, -0.15) is 0 Å². The number of carbonyl (C=O) groups is 3. The first-order valence-corrected chi connectivity index (χ1v) is 11.0. The van der Waals surface area contributed by atoms with E-state index in [-0.39, 0.29) is 23.4 Å². The summed E-state index contributed by atoms with van der Waals surface area (Å²) in [5, 5.41) is 20.2. The number of hydrogen-bond donors (Lipinski definition) is 2. The molecule has 0 radical (unpaired) electrons. The zero-order valence-corrected chi connectivity index (χ0v) is 18.1. The summed E-state index contributed by atoms with van der Waals surface area (Å²) in [6.45, 7) is 0.700. The summed E-state index contributed by atoms with van der Waals surface area (Å²) in [5.41, 5.74) is 0.990. The fourth-order valence-corrected chi connectivity index (χ4v) is 4.41. The molecule has 2 aliphatic heterocycles. The number of benzene rings is 2. The number of β-amino-alcohol motifs (C(OH)–C–C–N with tert-alkyl or cyclic N) is 1. The number of hydrogen-bond acceptors (Lipinski definition) is 5. The molecule has 0 unspecified atom stereocenters. The first kappa shape index (κ1) is 22.7. The van der Waals surface area contributed by atoms with Gasteiger partial charge in [-0.25, -0.2) is 9.18 Å². The number of halogens is 1. The molecule has 4 rings (SSSR count). The van der Waals surface area contributed by atoms with Crippen LogP contribution in [0.3, 0.4) is 0 Å². The minimum atomic E-state index is -1.38. The lowest BCUT2D eigenvalue weighted by molar-refractivity contribution is 0.0552. The highest BCUT2D eigenvalue weighted by atomic mass is 19.1. The lowest BCUT2D eigenvalue weighted by Crippen LogP contribution is -2.44. The quantitative estimate of drug-likeness (QED) is 0.648. The van der Waals surface area contributed by atoms with Gasteiger partial charge in [-0.05, 0) is 43.2 Å². The van der Waals surface area contributed by atoms with E-state index in [1.54, 1.807) is 18.2 Å². The number of rotatable bonds is 6. The van der Waals surface area contributed by atoms with E-state index < -0.39 is 36.4 Å². The van der Waals surface area contributed by atoms with Gasteiger partial charge in [0.25, 0.3) is 11.8 Å². The molecular weight excluding hydrogens is 429 g/mol. The summed E-state index contributed by atoms with van der Waals surface area (Å²) in [4.78, 5) is 40.5. The Morgan fingerprint density at radius 3 is 2.15 bits per heavy atom. The number of carboxylic acid groups (broad SMARTS) is 1. The maximum Gasteiger partial charge on any atom is 0.411 e. The van der Waals surface area contributed by atoms with Gasteiger partial charge in [0.2, 0.25) is 0 Å². The first-order valence-electron chi connectivity index (χ1n) is 11.0. The first-order chi connectivity index (χ1) is 15.9. The smallest absolute Gasteiger partial charge is 0.411 e. The van der Waals surface area contributed by atoms with Crippen LogP contribution in [-0.4, -0.2) is 65.3 Å². The number of aliphatic hydroxyl groups is 1. The molecule has 2 aliphatic rings. The molecule has 1 fully saturated rings. The summed E-state index contributed by atoms with van der Waals surface area (Å²) >= 11 is 0. The van der Waals surface area contributed by atoms with Crippen molar-refractivity contribution in [3.05, 3.63) is 59.4 Å². The summed E-state index contributed by atoms with van der Waals surface area (Å²) in [6, 6.07) is 10.5. The fraction of sp³-hybridized carbons (Fsp3) is 0.375. The number of imide groups is 1. The van der Waals surface area contributed by atoms with Crippen LogP contribution in [0.15, 0.2) is 42.5 Å². The highest BCUT2D eigenvalue weighted by Gasteiger charge is 2.36. The molecule has 2 aromatic carbocycles. The van der Waals surface area contributed by atoms with E-state index in [0.29, 0.717) is 5.69 Å². The van der Waals surface area contributed by atoms with Crippen LogP contribution in [0, 0.1) is 5.82 Å². The van der Waals surface area contributed by atoms with Crippen LogP contribution in [0.1, 0.15) is 46.4 Å². The average molecular weight is 455 g/mol. The molecule has 2 heterocycles. The predicted octanol–water partition coefficient (Wildman–Crippen LogP) is 3.35. The molecule has 2 aromatic rings. The second kappa shape index (κ2) is 9.58. The van der Waals surface area contributed by atoms with Crippen LogP contribution < -0.4 is 9.80 Å². The summed E-state index contributed by atoms with van der Waals surface area (Å²) in [5.74, 6) is -1.61. The predicted molar refractivity (Wildman–Crippen MR) is 120 cm³/mol. The highest BCUT2D eigenvalue weighted by Crippen LogP contribution is 2.28. The maximum absolute atomic E-state index is 14.9. The number of anilines is 2. The average Bonchev–Trinajstić information content (AvgIpc) is 2.98. The van der Waals surface area contributed by atoms with Crippen LogP contribution in [-0.2, 0) is 0 Å². The molecule has 0 saturated carbocycles. The Morgan fingerprint density at radius 2 is 1.61 bits per heavy atom. The van der Waals surface area contributed by atoms with E-state index >= 15 is 0 Å². The second-order valence-corrected chi connectivity index (χ2v) is 8.35. The van der Waals surface area contributed by atoms with Gasteiger partial charge < -0.3 is 15.1 Å². The van der Waals surface area contributed by atoms with Crippen molar-refractivity contribution in [2.75, 3.05) is 36.0 Å². The summed E-state index contributed by atoms with van der Waals surface area (Å²) < 4.78 is 14.9.